The van der Waals surface area contributed by atoms with E-state index in [1.54, 1.807) is 6.92 Å². The fourth-order valence-electron chi connectivity index (χ4n) is 2.71. The van der Waals surface area contributed by atoms with E-state index < -0.39 is 22.0 Å². The van der Waals surface area contributed by atoms with Gasteiger partial charge in [-0.05, 0) is 26.7 Å². The van der Waals surface area contributed by atoms with Gasteiger partial charge in [-0.1, -0.05) is 5.16 Å². The summed E-state index contributed by atoms with van der Waals surface area (Å²) in [6, 6.07) is -0.795. The quantitative estimate of drug-likeness (QED) is 0.818. The molecule has 1 aliphatic rings. The molecule has 1 atom stereocenters. The summed E-state index contributed by atoms with van der Waals surface area (Å²) < 4.78 is 33.2. The summed E-state index contributed by atoms with van der Waals surface area (Å²) in [6.07, 6.45) is 3.68. The Morgan fingerprint density at radius 3 is 2.65 bits per heavy atom. The zero-order valence-corrected chi connectivity index (χ0v) is 13.4. The monoisotopic (exact) mass is 340 g/mol. The summed E-state index contributed by atoms with van der Waals surface area (Å²) in [5.41, 5.74) is 2.83. The molecule has 1 aliphatic heterocycles. The molecule has 0 bridgehead atoms. The SMILES string of the molecule is Cc1noc(C)c1S(=O)(=O)N1CCC[C@H]1C(=O)Nn1cnnc1. The number of nitrogens with zero attached hydrogens (tertiary/aromatic N) is 5. The Labute approximate surface area is 132 Å². The standard InChI is InChI=1S/C12H16N6O4S/c1-8-11(9(2)22-16-8)23(20,21)18-5-3-4-10(18)12(19)15-17-6-13-14-7-17/h6-7,10H,3-5H2,1-2H3,(H,15,19)/t10-/m0/s1. The number of hydrogen-bond acceptors (Lipinski definition) is 7. The Balaban J connectivity index is 1.88. The van der Waals surface area contributed by atoms with Crippen LogP contribution in [-0.4, -0.2) is 51.2 Å². The van der Waals surface area contributed by atoms with E-state index in [1.165, 1.54) is 28.6 Å². The highest BCUT2D eigenvalue weighted by Gasteiger charge is 2.42. The van der Waals surface area contributed by atoms with E-state index in [0.29, 0.717) is 12.8 Å². The van der Waals surface area contributed by atoms with Crippen molar-refractivity contribution < 1.29 is 17.7 Å². The number of rotatable bonds is 4. The average Bonchev–Trinajstić information content (AvgIpc) is 3.20. The van der Waals surface area contributed by atoms with E-state index >= 15 is 0 Å². The highest BCUT2D eigenvalue weighted by Crippen LogP contribution is 2.29. The summed E-state index contributed by atoms with van der Waals surface area (Å²) in [4.78, 5) is 12.4. The maximum absolute atomic E-state index is 12.9. The summed E-state index contributed by atoms with van der Waals surface area (Å²) >= 11 is 0. The van der Waals surface area contributed by atoms with E-state index in [2.05, 4.69) is 20.8 Å². The predicted octanol–water partition coefficient (Wildman–Crippen LogP) is -0.194. The van der Waals surface area contributed by atoms with Crippen molar-refractivity contribution in [3.8, 4) is 0 Å². The molecule has 11 heteroatoms. The van der Waals surface area contributed by atoms with Crippen molar-refractivity contribution in [2.24, 2.45) is 0 Å². The summed E-state index contributed by atoms with van der Waals surface area (Å²) in [5.74, 6) is -0.218. The molecule has 23 heavy (non-hydrogen) atoms. The van der Waals surface area contributed by atoms with Crippen LogP contribution in [0.15, 0.2) is 22.1 Å². The number of nitrogens with one attached hydrogen (secondary N) is 1. The lowest BCUT2D eigenvalue weighted by atomic mass is 10.2. The number of amides is 1. The molecule has 1 fully saturated rings. The summed E-state index contributed by atoms with van der Waals surface area (Å²) in [7, 11) is -3.85. The topological polar surface area (TPSA) is 123 Å². The molecule has 0 spiro atoms. The van der Waals surface area contributed by atoms with Gasteiger partial charge in [0, 0.05) is 6.54 Å². The lowest BCUT2D eigenvalue weighted by molar-refractivity contribution is -0.120. The Hall–Kier alpha value is -2.27. The highest BCUT2D eigenvalue weighted by atomic mass is 32.2. The molecule has 124 valence electrons. The van der Waals surface area contributed by atoms with Crippen LogP contribution >= 0.6 is 0 Å². The first-order valence-corrected chi connectivity index (χ1v) is 8.45. The van der Waals surface area contributed by atoms with E-state index in [1.807, 2.05) is 0 Å². The minimum absolute atomic E-state index is 0.0292. The third-order valence-corrected chi connectivity index (χ3v) is 5.85. The highest BCUT2D eigenvalue weighted by molar-refractivity contribution is 7.89. The Morgan fingerprint density at radius 2 is 2.04 bits per heavy atom. The second-order valence-corrected chi connectivity index (χ2v) is 7.10. The van der Waals surface area contributed by atoms with Gasteiger partial charge in [0.2, 0.25) is 10.0 Å². The third-order valence-electron chi connectivity index (χ3n) is 3.70. The smallest absolute Gasteiger partial charge is 0.257 e. The van der Waals surface area contributed by atoms with E-state index in [-0.39, 0.29) is 22.9 Å². The van der Waals surface area contributed by atoms with Gasteiger partial charge >= 0.3 is 0 Å². The van der Waals surface area contributed by atoms with Gasteiger partial charge in [0.1, 0.15) is 29.3 Å². The lowest BCUT2D eigenvalue weighted by Crippen LogP contribution is -2.45. The molecule has 2 aromatic heterocycles. The number of sulfonamides is 1. The minimum atomic E-state index is -3.85. The summed E-state index contributed by atoms with van der Waals surface area (Å²) in [6.45, 7) is 3.37. The predicted molar refractivity (Wildman–Crippen MR) is 77.3 cm³/mol. The van der Waals surface area contributed by atoms with E-state index in [0.717, 1.165) is 0 Å². The van der Waals surface area contributed by atoms with Gasteiger partial charge in [0.25, 0.3) is 5.91 Å². The van der Waals surface area contributed by atoms with Crippen LogP contribution < -0.4 is 5.43 Å². The largest absolute Gasteiger partial charge is 0.360 e. The molecule has 2 aromatic rings. The molecule has 1 amide bonds. The summed E-state index contributed by atoms with van der Waals surface area (Å²) in [5, 5.41) is 10.8. The van der Waals surface area contributed by atoms with Gasteiger partial charge in [0.15, 0.2) is 5.76 Å². The first-order chi connectivity index (χ1) is 10.9. The zero-order chi connectivity index (χ0) is 16.6. The van der Waals surface area contributed by atoms with Crippen LogP contribution in [0.1, 0.15) is 24.3 Å². The van der Waals surface area contributed by atoms with E-state index in [4.69, 9.17) is 4.52 Å². The maximum Gasteiger partial charge on any atom is 0.257 e. The average molecular weight is 340 g/mol. The molecule has 0 unspecified atom stereocenters. The molecule has 0 saturated carbocycles. The fourth-order valence-corrected chi connectivity index (χ4v) is 4.66. The first-order valence-electron chi connectivity index (χ1n) is 7.01. The van der Waals surface area contributed by atoms with Crippen LogP contribution in [0.5, 0.6) is 0 Å². The van der Waals surface area contributed by atoms with Gasteiger partial charge in [-0.15, -0.1) is 10.2 Å². The molecule has 1 N–H and O–H groups in total. The molecule has 1 saturated heterocycles. The van der Waals surface area contributed by atoms with Crippen molar-refractivity contribution in [1.29, 1.82) is 0 Å². The van der Waals surface area contributed by atoms with Crippen LogP contribution in [-0.2, 0) is 14.8 Å². The van der Waals surface area contributed by atoms with Crippen LogP contribution in [0.25, 0.3) is 0 Å². The second kappa shape index (κ2) is 5.74. The number of aryl methyl sites for hydroxylation is 2. The van der Waals surface area contributed by atoms with Crippen molar-refractivity contribution in [1.82, 2.24) is 24.3 Å². The normalized spacial score (nSPS) is 19.1. The number of hydrogen-bond donors (Lipinski definition) is 1. The maximum atomic E-state index is 12.9. The third kappa shape index (κ3) is 2.72. The molecule has 3 rings (SSSR count). The van der Waals surface area contributed by atoms with Crippen molar-refractivity contribution in [3.63, 3.8) is 0 Å². The number of aromatic nitrogens is 4. The van der Waals surface area contributed by atoms with Crippen molar-refractivity contribution in [2.45, 2.75) is 37.6 Å². The lowest BCUT2D eigenvalue weighted by Gasteiger charge is -2.23. The zero-order valence-electron chi connectivity index (χ0n) is 12.6. The molecule has 3 heterocycles. The van der Waals surface area contributed by atoms with Gasteiger partial charge < -0.3 is 4.52 Å². The van der Waals surface area contributed by atoms with Crippen LogP contribution in [0.4, 0.5) is 0 Å². The van der Waals surface area contributed by atoms with Crippen LogP contribution in [0.2, 0.25) is 0 Å². The molecule has 0 aliphatic carbocycles. The van der Waals surface area contributed by atoms with Gasteiger partial charge in [-0.25, -0.2) is 13.1 Å². The first kappa shape index (κ1) is 15.6. The van der Waals surface area contributed by atoms with Crippen molar-refractivity contribution in [3.05, 3.63) is 24.1 Å². The molecular formula is C12H16N6O4S. The van der Waals surface area contributed by atoms with Gasteiger partial charge in [-0.3, -0.25) is 10.2 Å². The van der Waals surface area contributed by atoms with Crippen LogP contribution in [0.3, 0.4) is 0 Å². The Bertz CT molecular complexity index is 793. The van der Waals surface area contributed by atoms with Crippen molar-refractivity contribution in [2.75, 3.05) is 12.0 Å². The molecule has 0 aromatic carbocycles. The molecular weight excluding hydrogens is 324 g/mol. The van der Waals surface area contributed by atoms with E-state index in [9.17, 15) is 13.2 Å². The van der Waals surface area contributed by atoms with Crippen molar-refractivity contribution >= 4 is 15.9 Å². The minimum Gasteiger partial charge on any atom is -0.360 e. The fraction of sp³-hybridized carbons (Fsp3) is 0.500. The molecule has 0 radical (unpaired) electrons. The van der Waals surface area contributed by atoms with Gasteiger partial charge in [-0.2, -0.15) is 4.31 Å². The molecule has 10 nitrogen and oxygen atoms in total. The Kier molecular flexibility index (Phi) is 3.90. The van der Waals surface area contributed by atoms with Crippen LogP contribution in [0, 0.1) is 13.8 Å². The Morgan fingerprint density at radius 1 is 1.35 bits per heavy atom. The van der Waals surface area contributed by atoms with Gasteiger partial charge in [0.05, 0.1) is 0 Å². The second-order valence-electron chi connectivity index (χ2n) is 5.27. The number of carbonyl (C=O) groups excluding carboxylic acids is 1. The number of carbonyl (C=O) groups is 1.